The topological polar surface area (TPSA) is 92.8 Å². The molecule has 182 valence electrons. The Morgan fingerprint density at radius 3 is 2.51 bits per heavy atom. The van der Waals surface area contributed by atoms with Crippen LogP contribution in [0.5, 0.6) is 0 Å². The summed E-state index contributed by atoms with van der Waals surface area (Å²) in [5, 5.41) is 2.31. The maximum Gasteiger partial charge on any atom is 0.308 e. The predicted molar refractivity (Wildman–Crippen MR) is 129 cm³/mol. The highest BCUT2D eigenvalue weighted by atomic mass is 35.5. The Balaban J connectivity index is 1.48. The third-order valence-electron chi connectivity index (χ3n) is 5.64. The fraction of sp³-hybridized carbons (Fsp3) is 0.200. The molecule has 1 N–H and O–H groups in total. The molecule has 0 aromatic heterocycles. The van der Waals surface area contributed by atoms with E-state index in [1.54, 1.807) is 30.3 Å². The highest BCUT2D eigenvalue weighted by molar-refractivity contribution is 7.89. The molecule has 0 saturated carbocycles. The molecule has 1 aliphatic heterocycles. The molecule has 1 atom stereocenters. The molecular formula is C25H22ClFN2O5S. The summed E-state index contributed by atoms with van der Waals surface area (Å²) in [7, 11) is -3.88. The molecular weight excluding hydrogens is 495 g/mol. The fourth-order valence-electron chi connectivity index (χ4n) is 3.99. The van der Waals surface area contributed by atoms with Crippen LogP contribution in [0.25, 0.3) is 0 Å². The first-order valence-electron chi connectivity index (χ1n) is 10.8. The highest BCUT2D eigenvalue weighted by Gasteiger charge is 2.37. The van der Waals surface area contributed by atoms with Gasteiger partial charge in [0.05, 0.1) is 22.4 Å². The molecule has 3 aromatic carbocycles. The number of nitrogens with zero attached hydrogens (tertiary/aromatic N) is 1. The van der Waals surface area contributed by atoms with E-state index in [0.717, 1.165) is 17.2 Å². The number of benzene rings is 3. The number of hydrogen-bond acceptors (Lipinski definition) is 5. The Morgan fingerprint density at radius 1 is 1.06 bits per heavy atom. The van der Waals surface area contributed by atoms with E-state index in [2.05, 4.69) is 5.32 Å². The average molecular weight is 517 g/mol. The largest absolute Gasteiger partial charge is 0.456 e. The number of halogens is 2. The van der Waals surface area contributed by atoms with Gasteiger partial charge in [0, 0.05) is 12.2 Å². The summed E-state index contributed by atoms with van der Waals surface area (Å²) in [4.78, 5) is 25.0. The summed E-state index contributed by atoms with van der Waals surface area (Å²) in [6.45, 7) is -0.383. The van der Waals surface area contributed by atoms with Gasteiger partial charge in [0.1, 0.15) is 5.82 Å². The van der Waals surface area contributed by atoms with Crippen LogP contribution in [0.2, 0.25) is 5.02 Å². The van der Waals surface area contributed by atoms with Gasteiger partial charge in [-0.15, -0.1) is 0 Å². The minimum Gasteiger partial charge on any atom is -0.456 e. The zero-order valence-electron chi connectivity index (χ0n) is 18.5. The predicted octanol–water partition coefficient (Wildman–Crippen LogP) is 4.34. The number of ether oxygens (including phenoxy) is 1. The zero-order valence-corrected chi connectivity index (χ0v) is 20.1. The number of carbonyl (C=O) groups excluding carboxylic acids is 2. The van der Waals surface area contributed by atoms with Gasteiger partial charge < -0.3 is 10.1 Å². The van der Waals surface area contributed by atoms with E-state index >= 15 is 0 Å². The third-order valence-corrected chi connectivity index (χ3v) is 7.85. The molecule has 1 heterocycles. The van der Waals surface area contributed by atoms with Gasteiger partial charge in [-0.25, -0.2) is 12.8 Å². The Morgan fingerprint density at radius 2 is 1.77 bits per heavy atom. The van der Waals surface area contributed by atoms with Crippen molar-refractivity contribution in [2.24, 2.45) is 0 Å². The average Bonchev–Trinajstić information content (AvgIpc) is 2.85. The second kappa shape index (κ2) is 10.6. The van der Waals surface area contributed by atoms with Crippen molar-refractivity contribution in [3.8, 4) is 0 Å². The summed E-state index contributed by atoms with van der Waals surface area (Å²) in [5.74, 6) is -2.00. The van der Waals surface area contributed by atoms with Crippen molar-refractivity contribution < 1.29 is 27.1 Å². The number of hydrogen-bond donors (Lipinski definition) is 1. The van der Waals surface area contributed by atoms with Gasteiger partial charge in [-0.3, -0.25) is 9.59 Å². The number of sulfonamides is 1. The Hall–Kier alpha value is -3.27. The summed E-state index contributed by atoms with van der Waals surface area (Å²) in [5.41, 5.74) is 1.93. The van der Waals surface area contributed by atoms with Crippen molar-refractivity contribution in [3.05, 3.63) is 94.8 Å². The van der Waals surface area contributed by atoms with E-state index in [-0.39, 0.29) is 28.6 Å². The summed E-state index contributed by atoms with van der Waals surface area (Å²) >= 11 is 5.70. The van der Waals surface area contributed by atoms with Gasteiger partial charge in [0.2, 0.25) is 10.0 Å². The number of rotatable bonds is 7. The number of esters is 1. The fourth-order valence-corrected chi connectivity index (χ4v) is 5.80. The lowest BCUT2D eigenvalue weighted by Crippen LogP contribution is -2.41. The van der Waals surface area contributed by atoms with Gasteiger partial charge in [0.25, 0.3) is 5.91 Å². The van der Waals surface area contributed by atoms with Gasteiger partial charge >= 0.3 is 5.97 Å². The lowest BCUT2D eigenvalue weighted by molar-refractivity contribution is -0.148. The van der Waals surface area contributed by atoms with Crippen LogP contribution in [-0.2, 0) is 30.8 Å². The van der Waals surface area contributed by atoms with Crippen molar-refractivity contribution in [2.45, 2.75) is 23.8 Å². The maximum absolute atomic E-state index is 13.4. The molecule has 0 bridgehead atoms. The van der Waals surface area contributed by atoms with Crippen molar-refractivity contribution in [1.29, 1.82) is 0 Å². The molecule has 7 nitrogen and oxygen atoms in total. The molecule has 3 aromatic rings. The standard InChI is InChI=1S/C25H22ClFN2O5S/c26-21-14-18(10-11-22(21)27)28-24(30)16-34-25(31)15-23-20-9-5-4-6-17(20)12-13-29(23)35(32,33)19-7-2-1-3-8-19/h1-11,14,23H,12-13,15-16H2,(H,28,30). The van der Waals surface area contributed by atoms with Crippen LogP contribution >= 0.6 is 11.6 Å². The normalized spacial score (nSPS) is 15.8. The van der Waals surface area contributed by atoms with E-state index in [9.17, 15) is 22.4 Å². The van der Waals surface area contributed by atoms with E-state index in [4.69, 9.17) is 16.3 Å². The molecule has 0 aliphatic carbocycles. The molecule has 10 heteroatoms. The second-order valence-corrected chi connectivity index (χ2v) is 10.2. The molecule has 1 unspecified atom stereocenters. The molecule has 0 radical (unpaired) electrons. The van der Waals surface area contributed by atoms with Crippen LogP contribution in [0.1, 0.15) is 23.6 Å². The molecule has 35 heavy (non-hydrogen) atoms. The van der Waals surface area contributed by atoms with Crippen LogP contribution in [0, 0.1) is 5.82 Å². The molecule has 0 saturated heterocycles. The monoisotopic (exact) mass is 516 g/mol. The number of amides is 1. The number of carbonyl (C=O) groups is 2. The van der Waals surface area contributed by atoms with Crippen LogP contribution in [-0.4, -0.2) is 37.8 Å². The van der Waals surface area contributed by atoms with Crippen molar-refractivity contribution in [3.63, 3.8) is 0 Å². The minimum atomic E-state index is -3.88. The number of fused-ring (bicyclic) bond motifs is 1. The van der Waals surface area contributed by atoms with E-state index < -0.39 is 40.4 Å². The lowest BCUT2D eigenvalue weighted by Gasteiger charge is -2.36. The van der Waals surface area contributed by atoms with Crippen LogP contribution in [0.4, 0.5) is 10.1 Å². The van der Waals surface area contributed by atoms with Gasteiger partial charge in [0.15, 0.2) is 6.61 Å². The number of anilines is 1. The summed E-state index contributed by atoms with van der Waals surface area (Å²) in [6, 6.07) is 18.3. The summed E-state index contributed by atoms with van der Waals surface area (Å²) < 4.78 is 46.5. The lowest BCUT2D eigenvalue weighted by atomic mass is 9.92. The van der Waals surface area contributed by atoms with Crippen molar-refractivity contribution in [1.82, 2.24) is 4.31 Å². The van der Waals surface area contributed by atoms with E-state index in [0.29, 0.717) is 6.42 Å². The third kappa shape index (κ3) is 5.70. The van der Waals surface area contributed by atoms with Crippen LogP contribution < -0.4 is 5.32 Å². The van der Waals surface area contributed by atoms with Crippen molar-refractivity contribution in [2.75, 3.05) is 18.5 Å². The van der Waals surface area contributed by atoms with Crippen molar-refractivity contribution >= 4 is 39.2 Å². The highest BCUT2D eigenvalue weighted by Crippen LogP contribution is 2.36. The van der Waals surface area contributed by atoms with E-state index in [1.807, 2.05) is 12.1 Å². The first-order valence-corrected chi connectivity index (χ1v) is 12.6. The Bertz CT molecular complexity index is 1350. The molecule has 0 fully saturated rings. The number of nitrogens with one attached hydrogen (secondary N) is 1. The van der Waals surface area contributed by atoms with E-state index in [1.165, 1.54) is 28.6 Å². The van der Waals surface area contributed by atoms with Gasteiger partial charge in [-0.1, -0.05) is 54.1 Å². The van der Waals surface area contributed by atoms with Gasteiger partial charge in [-0.2, -0.15) is 4.31 Å². The Kier molecular flexibility index (Phi) is 7.49. The van der Waals surface area contributed by atoms with Crippen LogP contribution in [0.15, 0.2) is 77.7 Å². The second-order valence-electron chi connectivity index (χ2n) is 7.94. The molecule has 4 rings (SSSR count). The first-order chi connectivity index (χ1) is 16.8. The zero-order chi connectivity index (χ0) is 25.0. The molecule has 1 amide bonds. The van der Waals surface area contributed by atoms with Gasteiger partial charge in [-0.05, 0) is 47.9 Å². The molecule has 1 aliphatic rings. The first kappa shape index (κ1) is 24.8. The molecule has 0 spiro atoms. The minimum absolute atomic E-state index is 0.134. The quantitative estimate of drug-likeness (QED) is 0.472. The summed E-state index contributed by atoms with van der Waals surface area (Å²) in [6.07, 6.45) is 0.245. The smallest absolute Gasteiger partial charge is 0.308 e. The maximum atomic E-state index is 13.4. The van der Waals surface area contributed by atoms with Crippen LogP contribution in [0.3, 0.4) is 0 Å². The SMILES string of the molecule is O=C(COC(=O)CC1c2ccccc2CCN1S(=O)(=O)c1ccccc1)Nc1ccc(F)c(Cl)c1. The Labute approximate surface area is 207 Å².